The molecule has 0 spiro atoms. The number of benzene rings is 2. The lowest BCUT2D eigenvalue weighted by molar-refractivity contribution is 0.259. The van der Waals surface area contributed by atoms with Crippen LogP contribution in [0, 0.1) is 0 Å². The van der Waals surface area contributed by atoms with E-state index in [9.17, 15) is 13.2 Å². The summed E-state index contributed by atoms with van der Waals surface area (Å²) >= 11 is 0. The van der Waals surface area contributed by atoms with Crippen LogP contribution in [0.1, 0.15) is 16.7 Å². The minimum absolute atomic E-state index is 0.0490. The van der Waals surface area contributed by atoms with Gasteiger partial charge in [0.15, 0.2) is 9.84 Å². The molecule has 0 aliphatic carbocycles. The molecule has 2 amide bonds. The number of urea groups is 1. The van der Waals surface area contributed by atoms with E-state index in [0.717, 1.165) is 18.7 Å². The molecule has 0 saturated heterocycles. The van der Waals surface area contributed by atoms with Crippen molar-refractivity contribution in [2.24, 2.45) is 5.73 Å². The number of nitrogens with two attached hydrogens (primary N) is 1. The molecule has 0 bridgehead atoms. The maximum absolute atomic E-state index is 12.6. The average molecular weight is 345 g/mol. The molecule has 3 rings (SSSR count). The van der Waals surface area contributed by atoms with Gasteiger partial charge in [-0.1, -0.05) is 18.2 Å². The third kappa shape index (κ3) is 3.58. The maximum Gasteiger partial charge on any atom is 0.316 e. The van der Waals surface area contributed by atoms with Gasteiger partial charge in [0.2, 0.25) is 0 Å². The number of rotatable bonds is 4. The second-order valence-corrected chi connectivity index (χ2v) is 8.04. The summed E-state index contributed by atoms with van der Waals surface area (Å²) < 4.78 is 25.2. The van der Waals surface area contributed by atoms with E-state index in [0.29, 0.717) is 5.69 Å². The Labute approximate surface area is 141 Å². The Morgan fingerprint density at radius 2 is 1.79 bits per heavy atom. The predicted molar refractivity (Wildman–Crippen MR) is 92.2 cm³/mol. The van der Waals surface area contributed by atoms with Crippen LogP contribution in [0.2, 0.25) is 0 Å². The SMILES string of the molecule is CN1Cc2ccc(CS(=O)(=O)c3ccc(NC(N)=O)cc3)cc2C1. The molecule has 3 N–H and O–H groups in total. The van der Waals surface area contributed by atoms with Crippen molar-refractivity contribution in [3.63, 3.8) is 0 Å². The number of carbonyl (C=O) groups excluding carboxylic acids is 1. The summed E-state index contributed by atoms with van der Waals surface area (Å²) in [6.45, 7) is 1.74. The van der Waals surface area contributed by atoms with Gasteiger partial charge >= 0.3 is 6.03 Å². The molecule has 1 heterocycles. The number of nitrogens with one attached hydrogen (secondary N) is 1. The number of sulfone groups is 1. The Kier molecular flexibility index (Phi) is 4.29. The highest BCUT2D eigenvalue weighted by Gasteiger charge is 2.19. The van der Waals surface area contributed by atoms with Gasteiger partial charge in [0, 0.05) is 18.8 Å². The van der Waals surface area contributed by atoms with E-state index in [4.69, 9.17) is 5.73 Å². The molecule has 1 aliphatic rings. The fourth-order valence-electron chi connectivity index (χ4n) is 2.90. The number of hydrogen-bond donors (Lipinski definition) is 2. The summed E-state index contributed by atoms with van der Waals surface area (Å²) in [6.07, 6.45) is 0. The van der Waals surface area contributed by atoms with Gasteiger partial charge in [-0.2, -0.15) is 0 Å². The van der Waals surface area contributed by atoms with Crippen molar-refractivity contribution in [3.05, 3.63) is 59.2 Å². The molecule has 126 valence electrons. The molecular formula is C17H19N3O3S. The largest absolute Gasteiger partial charge is 0.351 e. The average Bonchev–Trinajstić information content (AvgIpc) is 2.86. The number of carbonyl (C=O) groups is 1. The van der Waals surface area contributed by atoms with E-state index in [1.807, 2.05) is 25.2 Å². The lowest BCUT2D eigenvalue weighted by Crippen LogP contribution is -2.19. The van der Waals surface area contributed by atoms with Crippen molar-refractivity contribution in [3.8, 4) is 0 Å². The van der Waals surface area contributed by atoms with Gasteiger partial charge in [0.1, 0.15) is 0 Å². The smallest absolute Gasteiger partial charge is 0.316 e. The molecule has 7 heteroatoms. The van der Waals surface area contributed by atoms with Crippen LogP contribution < -0.4 is 11.1 Å². The van der Waals surface area contributed by atoms with E-state index in [2.05, 4.69) is 10.2 Å². The number of primary amides is 1. The fourth-order valence-corrected chi connectivity index (χ4v) is 4.23. The summed E-state index contributed by atoms with van der Waals surface area (Å²) in [5.41, 5.74) is 8.71. The third-order valence-corrected chi connectivity index (χ3v) is 5.69. The standard InChI is InChI=1S/C17H19N3O3S/c1-20-9-13-3-2-12(8-14(13)10-20)11-24(22,23)16-6-4-15(5-7-16)19-17(18)21/h2-8H,9-11H2,1H3,(H3,18,19,21). The quantitative estimate of drug-likeness (QED) is 0.887. The van der Waals surface area contributed by atoms with Crippen LogP contribution in [0.15, 0.2) is 47.4 Å². The number of amides is 2. The highest BCUT2D eigenvalue weighted by Crippen LogP contribution is 2.25. The molecule has 6 nitrogen and oxygen atoms in total. The molecule has 0 fully saturated rings. The Hall–Kier alpha value is -2.38. The van der Waals surface area contributed by atoms with Gasteiger partial charge in [0.25, 0.3) is 0 Å². The highest BCUT2D eigenvalue weighted by atomic mass is 32.2. The molecule has 0 radical (unpaired) electrons. The Morgan fingerprint density at radius 1 is 1.12 bits per heavy atom. The first-order chi connectivity index (χ1) is 11.3. The van der Waals surface area contributed by atoms with Gasteiger partial charge < -0.3 is 11.1 Å². The molecular weight excluding hydrogens is 326 g/mol. The zero-order valence-corrected chi connectivity index (χ0v) is 14.1. The van der Waals surface area contributed by atoms with Crippen LogP contribution in [0.3, 0.4) is 0 Å². The molecule has 0 atom stereocenters. The van der Waals surface area contributed by atoms with E-state index in [1.54, 1.807) is 0 Å². The Morgan fingerprint density at radius 3 is 2.46 bits per heavy atom. The van der Waals surface area contributed by atoms with Gasteiger partial charge in [-0.05, 0) is 48.0 Å². The Bertz CT molecular complexity index is 876. The highest BCUT2D eigenvalue weighted by molar-refractivity contribution is 7.90. The van der Waals surface area contributed by atoms with Gasteiger partial charge in [-0.15, -0.1) is 0 Å². The van der Waals surface area contributed by atoms with Gasteiger partial charge in [-0.3, -0.25) is 4.90 Å². The zero-order chi connectivity index (χ0) is 17.3. The van der Waals surface area contributed by atoms with Crippen LogP contribution in [0.5, 0.6) is 0 Å². The Balaban J connectivity index is 1.79. The minimum atomic E-state index is -3.45. The summed E-state index contributed by atoms with van der Waals surface area (Å²) in [6, 6.07) is 11.2. The number of anilines is 1. The maximum atomic E-state index is 12.6. The van der Waals surface area contributed by atoms with Crippen molar-refractivity contribution in [1.82, 2.24) is 4.90 Å². The molecule has 2 aromatic rings. The summed E-state index contributed by atoms with van der Waals surface area (Å²) in [4.78, 5) is 13.2. The molecule has 2 aromatic carbocycles. The second kappa shape index (κ2) is 6.26. The summed E-state index contributed by atoms with van der Waals surface area (Å²) in [5, 5.41) is 2.40. The predicted octanol–water partition coefficient (Wildman–Crippen LogP) is 2.10. The number of hydrogen-bond acceptors (Lipinski definition) is 4. The zero-order valence-electron chi connectivity index (χ0n) is 13.3. The topological polar surface area (TPSA) is 92.5 Å². The van der Waals surface area contributed by atoms with E-state index < -0.39 is 15.9 Å². The fraction of sp³-hybridized carbons (Fsp3) is 0.235. The first-order valence-electron chi connectivity index (χ1n) is 7.52. The van der Waals surface area contributed by atoms with Crippen molar-refractivity contribution in [2.45, 2.75) is 23.7 Å². The third-order valence-electron chi connectivity index (χ3n) is 3.99. The van der Waals surface area contributed by atoms with Crippen LogP contribution in [-0.4, -0.2) is 26.4 Å². The summed E-state index contributed by atoms with van der Waals surface area (Å²) in [7, 11) is -1.41. The van der Waals surface area contributed by atoms with Crippen molar-refractivity contribution < 1.29 is 13.2 Å². The van der Waals surface area contributed by atoms with Crippen LogP contribution in [-0.2, 0) is 28.7 Å². The summed E-state index contributed by atoms with van der Waals surface area (Å²) in [5.74, 6) is -0.0490. The monoisotopic (exact) mass is 345 g/mol. The minimum Gasteiger partial charge on any atom is -0.351 e. The van der Waals surface area contributed by atoms with Crippen molar-refractivity contribution in [1.29, 1.82) is 0 Å². The van der Waals surface area contributed by atoms with Crippen molar-refractivity contribution >= 4 is 21.6 Å². The van der Waals surface area contributed by atoms with E-state index in [-0.39, 0.29) is 10.6 Å². The molecule has 0 saturated carbocycles. The lowest BCUT2D eigenvalue weighted by Gasteiger charge is -2.08. The molecule has 0 aromatic heterocycles. The first-order valence-corrected chi connectivity index (χ1v) is 9.17. The lowest BCUT2D eigenvalue weighted by atomic mass is 10.1. The van der Waals surface area contributed by atoms with Crippen LogP contribution in [0.25, 0.3) is 0 Å². The first kappa shape index (κ1) is 16.5. The van der Waals surface area contributed by atoms with Crippen molar-refractivity contribution in [2.75, 3.05) is 12.4 Å². The second-order valence-electron chi connectivity index (χ2n) is 6.05. The van der Waals surface area contributed by atoms with Gasteiger partial charge in [0.05, 0.1) is 10.6 Å². The number of fused-ring (bicyclic) bond motifs is 1. The van der Waals surface area contributed by atoms with Crippen LogP contribution >= 0.6 is 0 Å². The van der Waals surface area contributed by atoms with Crippen LogP contribution in [0.4, 0.5) is 10.5 Å². The van der Waals surface area contributed by atoms with E-state index in [1.165, 1.54) is 35.4 Å². The molecule has 24 heavy (non-hydrogen) atoms. The normalized spacial score (nSPS) is 14.4. The number of nitrogens with zero attached hydrogens (tertiary/aromatic N) is 1. The van der Waals surface area contributed by atoms with Gasteiger partial charge in [-0.25, -0.2) is 13.2 Å². The molecule has 0 unspecified atom stereocenters. The van der Waals surface area contributed by atoms with E-state index >= 15 is 0 Å². The molecule has 1 aliphatic heterocycles.